The number of carbonyl (C=O) groups excluding carboxylic acids is 2. The molecule has 0 radical (unpaired) electrons. The van der Waals surface area contributed by atoms with Crippen molar-refractivity contribution in [2.24, 2.45) is 0 Å². The molecular formula is C21H26N2O3S. The molecule has 0 aliphatic heterocycles. The molecule has 2 amide bonds. The Kier molecular flexibility index (Phi) is 8.20. The molecular weight excluding hydrogens is 360 g/mol. The van der Waals surface area contributed by atoms with Crippen LogP contribution in [0.25, 0.3) is 0 Å². The monoisotopic (exact) mass is 386 g/mol. The highest BCUT2D eigenvalue weighted by Crippen LogP contribution is 2.15. The van der Waals surface area contributed by atoms with Gasteiger partial charge in [0.05, 0.1) is 0 Å². The van der Waals surface area contributed by atoms with Crippen molar-refractivity contribution in [3.8, 4) is 5.75 Å². The SMILES string of the molecule is CSCCC(NC(=O)COc1ccccc1)C(=O)Nc1cc(C)cc(C)c1. The number of carbonyl (C=O) groups is 2. The molecule has 144 valence electrons. The van der Waals surface area contributed by atoms with E-state index in [0.29, 0.717) is 12.2 Å². The van der Waals surface area contributed by atoms with E-state index in [0.717, 1.165) is 22.6 Å². The molecule has 0 saturated carbocycles. The van der Waals surface area contributed by atoms with Gasteiger partial charge in [-0.25, -0.2) is 0 Å². The van der Waals surface area contributed by atoms with Gasteiger partial charge in [-0.1, -0.05) is 24.3 Å². The number of nitrogens with one attached hydrogen (secondary N) is 2. The number of hydrogen-bond acceptors (Lipinski definition) is 4. The number of thioether (sulfide) groups is 1. The summed E-state index contributed by atoms with van der Waals surface area (Å²) in [6, 6.07) is 14.4. The Bertz CT molecular complexity index is 745. The van der Waals surface area contributed by atoms with Gasteiger partial charge in [0, 0.05) is 5.69 Å². The fourth-order valence-electron chi connectivity index (χ4n) is 2.68. The normalized spacial score (nSPS) is 11.5. The molecule has 0 aromatic heterocycles. The molecule has 6 heteroatoms. The molecule has 1 unspecified atom stereocenters. The zero-order valence-electron chi connectivity index (χ0n) is 16.0. The minimum atomic E-state index is -0.606. The van der Waals surface area contributed by atoms with Gasteiger partial charge in [-0.2, -0.15) is 11.8 Å². The summed E-state index contributed by atoms with van der Waals surface area (Å²) >= 11 is 1.63. The van der Waals surface area contributed by atoms with E-state index in [1.54, 1.807) is 23.9 Å². The van der Waals surface area contributed by atoms with Crippen molar-refractivity contribution >= 4 is 29.3 Å². The van der Waals surface area contributed by atoms with E-state index < -0.39 is 6.04 Å². The van der Waals surface area contributed by atoms with Crippen LogP contribution in [-0.4, -0.2) is 36.5 Å². The third-order valence-corrected chi connectivity index (χ3v) is 4.51. The van der Waals surface area contributed by atoms with E-state index in [1.165, 1.54) is 0 Å². The van der Waals surface area contributed by atoms with Crippen LogP contribution in [0.1, 0.15) is 17.5 Å². The van der Waals surface area contributed by atoms with E-state index >= 15 is 0 Å². The van der Waals surface area contributed by atoms with E-state index in [-0.39, 0.29) is 18.4 Å². The summed E-state index contributed by atoms with van der Waals surface area (Å²) < 4.78 is 5.45. The lowest BCUT2D eigenvalue weighted by Crippen LogP contribution is -2.45. The van der Waals surface area contributed by atoms with Crippen LogP contribution < -0.4 is 15.4 Å². The predicted octanol–water partition coefficient (Wildman–Crippen LogP) is 3.56. The molecule has 0 heterocycles. The average Bonchev–Trinajstić information content (AvgIpc) is 2.63. The lowest BCUT2D eigenvalue weighted by atomic mass is 10.1. The van der Waals surface area contributed by atoms with Crippen LogP contribution in [0.4, 0.5) is 5.69 Å². The Morgan fingerprint density at radius 2 is 1.74 bits per heavy atom. The summed E-state index contributed by atoms with van der Waals surface area (Å²) in [5.41, 5.74) is 2.89. The number of benzene rings is 2. The first-order valence-corrected chi connectivity index (χ1v) is 10.2. The molecule has 0 bridgehead atoms. The van der Waals surface area contributed by atoms with Crippen LogP contribution in [0.5, 0.6) is 5.75 Å². The van der Waals surface area contributed by atoms with Crippen molar-refractivity contribution in [2.45, 2.75) is 26.3 Å². The summed E-state index contributed by atoms with van der Waals surface area (Å²) in [6.45, 7) is 3.84. The molecule has 1 atom stereocenters. The van der Waals surface area contributed by atoms with Gasteiger partial charge in [-0.3, -0.25) is 9.59 Å². The maximum Gasteiger partial charge on any atom is 0.258 e. The second kappa shape index (κ2) is 10.6. The number of anilines is 1. The Morgan fingerprint density at radius 3 is 2.37 bits per heavy atom. The minimum Gasteiger partial charge on any atom is -0.484 e. The average molecular weight is 387 g/mol. The second-order valence-corrected chi connectivity index (χ2v) is 7.35. The van der Waals surface area contributed by atoms with Crippen LogP contribution in [-0.2, 0) is 9.59 Å². The van der Waals surface area contributed by atoms with Gasteiger partial charge in [0.25, 0.3) is 5.91 Å². The fraction of sp³-hybridized carbons (Fsp3) is 0.333. The summed E-state index contributed by atoms with van der Waals surface area (Å²) in [5, 5.41) is 5.69. The maximum atomic E-state index is 12.7. The highest BCUT2D eigenvalue weighted by molar-refractivity contribution is 7.98. The van der Waals surface area contributed by atoms with Gasteiger partial charge in [0.15, 0.2) is 6.61 Å². The Hall–Kier alpha value is -2.47. The largest absolute Gasteiger partial charge is 0.484 e. The number of hydrogen-bond donors (Lipinski definition) is 2. The van der Waals surface area contributed by atoms with Crippen molar-refractivity contribution < 1.29 is 14.3 Å². The zero-order chi connectivity index (χ0) is 19.6. The molecule has 27 heavy (non-hydrogen) atoms. The molecule has 2 aromatic rings. The summed E-state index contributed by atoms with van der Waals surface area (Å²) in [6.07, 6.45) is 2.52. The number of ether oxygens (including phenoxy) is 1. The van der Waals surface area contributed by atoms with Crippen LogP contribution in [0.2, 0.25) is 0 Å². The molecule has 0 fully saturated rings. The van der Waals surface area contributed by atoms with Crippen molar-refractivity contribution in [3.05, 3.63) is 59.7 Å². The molecule has 0 aliphatic carbocycles. The fourth-order valence-corrected chi connectivity index (χ4v) is 3.15. The molecule has 0 saturated heterocycles. The zero-order valence-corrected chi connectivity index (χ0v) is 16.8. The van der Waals surface area contributed by atoms with Gasteiger partial charge in [0.2, 0.25) is 5.91 Å². The van der Waals surface area contributed by atoms with E-state index in [1.807, 2.05) is 56.5 Å². The highest BCUT2D eigenvalue weighted by atomic mass is 32.2. The lowest BCUT2D eigenvalue weighted by molar-refractivity contribution is -0.127. The molecule has 2 aromatic carbocycles. The van der Waals surface area contributed by atoms with E-state index in [4.69, 9.17) is 4.74 Å². The number of rotatable bonds is 9. The third kappa shape index (κ3) is 7.35. The molecule has 0 aliphatic rings. The highest BCUT2D eigenvalue weighted by Gasteiger charge is 2.21. The smallest absolute Gasteiger partial charge is 0.258 e. The molecule has 2 N–H and O–H groups in total. The first kappa shape index (κ1) is 20.8. The van der Waals surface area contributed by atoms with Crippen molar-refractivity contribution in [2.75, 3.05) is 23.9 Å². The number of para-hydroxylation sites is 1. The standard InChI is InChI=1S/C21H26N2O3S/c1-15-11-16(2)13-17(12-15)22-21(25)19(9-10-27-3)23-20(24)14-26-18-7-5-4-6-8-18/h4-8,11-13,19H,9-10,14H2,1-3H3,(H,22,25)(H,23,24). The first-order chi connectivity index (χ1) is 13.0. The van der Waals surface area contributed by atoms with Gasteiger partial charge in [-0.15, -0.1) is 0 Å². The Balaban J connectivity index is 1.96. The topological polar surface area (TPSA) is 67.4 Å². The van der Waals surface area contributed by atoms with Crippen LogP contribution in [0.15, 0.2) is 48.5 Å². The lowest BCUT2D eigenvalue weighted by Gasteiger charge is -2.19. The number of amides is 2. The van der Waals surface area contributed by atoms with Crippen molar-refractivity contribution in [3.63, 3.8) is 0 Å². The summed E-state index contributed by atoms with van der Waals surface area (Å²) in [5.74, 6) is 0.848. The third-order valence-electron chi connectivity index (χ3n) is 3.86. The minimum absolute atomic E-state index is 0.128. The molecule has 2 rings (SSSR count). The van der Waals surface area contributed by atoms with E-state index in [2.05, 4.69) is 10.6 Å². The van der Waals surface area contributed by atoms with Crippen molar-refractivity contribution in [1.29, 1.82) is 0 Å². The quantitative estimate of drug-likeness (QED) is 0.691. The second-order valence-electron chi connectivity index (χ2n) is 6.37. The first-order valence-electron chi connectivity index (χ1n) is 8.83. The van der Waals surface area contributed by atoms with Crippen molar-refractivity contribution in [1.82, 2.24) is 5.32 Å². The van der Waals surface area contributed by atoms with Gasteiger partial charge >= 0.3 is 0 Å². The van der Waals surface area contributed by atoms with Crippen LogP contribution in [0.3, 0.4) is 0 Å². The Labute approximate surface area is 164 Å². The van der Waals surface area contributed by atoms with Crippen LogP contribution in [0, 0.1) is 13.8 Å². The number of aryl methyl sites for hydroxylation is 2. The summed E-state index contributed by atoms with van der Waals surface area (Å²) in [4.78, 5) is 24.9. The molecule has 5 nitrogen and oxygen atoms in total. The van der Waals surface area contributed by atoms with Gasteiger partial charge in [0.1, 0.15) is 11.8 Å². The predicted molar refractivity (Wildman–Crippen MR) is 111 cm³/mol. The molecule has 0 spiro atoms. The van der Waals surface area contributed by atoms with Gasteiger partial charge in [-0.05, 0) is 67.7 Å². The Morgan fingerprint density at radius 1 is 1.07 bits per heavy atom. The van der Waals surface area contributed by atoms with Gasteiger partial charge < -0.3 is 15.4 Å². The summed E-state index contributed by atoms with van der Waals surface area (Å²) in [7, 11) is 0. The maximum absolute atomic E-state index is 12.7. The van der Waals surface area contributed by atoms with Crippen LogP contribution >= 0.6 is 11.8 Å². The van der Waals surface area contributed by atoms with E-state index in [9.17, 15) is 9.59 Å².